The van der Waals surface area contributed by atoms with Crippen molar-refractivity contribution in [1.82, 2.24) is 0 Å². The Morgan fingerprint density at radius 2 is 2.60 bits per heavy atom. The average Bonchev–Trinajstić information content (AvgIpc) is 1.41. The van der Waals surface area contributed by atoms with Crippen LogP contribution < -0.4 is 0 Å². The van der Waals surface area contributed by atoms with Gasteiger partial charge in [-0.2, -0.15) is 0 Å². The topological polar surface area (TPSA) is 9.23 Å². The Balaban J connectivity index is 2.48. The quantitative estimate of drug-likeness (QED) is 0.291. The Hall–Kier alpha value is -0.263. The molecule has 2 heteroatoms. The average molecular weight is 86.2 g/mol. The summed E-state index contributed by atoms with van der Waals surface area (Å²) in [6.45, 7) is 0.478. The second-order valence-corrected chi connectivity index (χ2v) is 1.21. The van der Waals surface area contributed by atoms with Gasteiger partial charge >= 0.3 is 0 Å². The fraction of sp³-hybridized carbons (Fsp3) is 0.333. The number of rotatable bonds is 1. The molecule has 28 valence electrons. The lowest BCUT2D eigenvalue weighted by atomic mass is 10.8. The van der Waals surface area contributed by atoms with Crippen molar-refractivity contribution in [2.24, 2.45) is 0 Å². The first-order valence-electron chi connectivity index (χ1n) is 1.34. The van der Waals surface area contributed by atoms with E-state index in [1.807, 2.05) is 0 Å². The minimum atomic E-state index is 0.478. The molecule has 0 aliphatic carbocycles. The van der Waals surface area contributed by atoms with E-state index >= 15 is 0 Å². The lowest BCUT2D eigenvalue weighted by molar-refractivity contribution is 0.410. The Labute approximate surface area is 34.9 Å². The highest BCUT2D eigenvalue weighted by atomic mass is 28.2. The number of hydrogen-bond acceptors (Lipinski definition) is 1. The van der Waals surface area contributed by atoms with Crippen LogP contribution in [-0.2, 0) is 4.43 Å². The maximum absolute atomic E-state index is 4.79. The van der Waals surface area contributed by atoms with E-state index in [-0.39, 0.29) is 0 Å². The summed E-state index contributed by atoms with van der Waals surface area (Å²) in [7, 11) is 0.756. The third-order valence-electron chi connectivity index (χ3n) is 0.228. The Kier molecular flexibility index (Phi) is 3.54. The molecule has 5 heavy (non-hydrogen) atoms. The van der Waals surface area contributed by atoms with E-state index in [1.165, 1.54) is 0 Å². The van der Waals surface area contributed by atoms with E-state index in [4.69, 9.17) is 6.42 Å². The first-order chi connectivity index (χ1) is 2.41. The van der Waals surface area contributed by atoms with Gasteiger partial charge in [-0.25, -0.2) is 0 Å². The van der Waals surface area contributed by atoms with Crippen molar-refractivity contribution in [2.75, 3.05) is 6.61 Å². The van der Waals surface area contributed by atoms with Crippen LogP contribution in [0.25, 0.3) is 0 Å². The minimum Gasteiger partial charge on any atom is -0.417 e. The predicted molar refractivity (Wildman–Crippen MR) is 24.7 cm³/mol. The van der Waals surface area contributed by atoms with Crippen LogP contribution in [0.5, 0.6) is 0 Å². The summed E-state index contributed by atoms with van der Waals surface area (Å²) in [5, 5.41) is 0. The van der Waals surface area contributed by atoms with Gasteiger partial charge < -0.3 is 4.43 Å². The zero-order chi connectivity index (χ0) is 4.12. The van der Waals surface area contributed by atoms with Gasteiger partial charge in [-0.05, 0) is 0 Å². The van der Waals surface area contributed by atoms with Crippen molar-refractivity contribution in [3.63, 3.8) is 0 Å². The van der Waals surface area contributed by atoms with Crippen molar-refractivity contribution < 1.29 is 4.43 Å². The van der Waals surface area contributed by atoms with E-state index in [9.17, 15) is 0 Å². The summed E-state index contributed by atoms with van der Waals surface area (Å²) < 4.78 is 4.59. The molecular formula is C3H6OSi. The molecule has 0 rings (SSSR count). The maximum atomic E-state index is 4.79. The van der Waals surface area contributed by atoms with Gasteiger partial charge in [0.2, 0.25) is 0 Å². The second-order valence-electron chi connectivity index (χ2n) is 0.637. The molecule has 0 saturated carbocycles. The van der Waals surface area contributed by atoms with Gasteiger partial charge in [-0.1, -0.05) is 5.92 Å². The highest BCUT2D eigenvalue weighted by Crippen LogP contribution is 1.52. The zero-order valence-electron chi connectivity index (χ0n) is 3.19. The highest BCUT2D eigenvalue weighted by Gasteiger charge is 1.57. The largest absolute Gasteiger partial charge is 0.417 e. The monoisotopic (exact) mass is 86.0 g/mol. The molecule has 0 unspecified atom stereocenters. The molecule has 0 bridgehead atoms. The zero-order valence-corrected chi connectivity index (χ0v) is 5.19. The van der Waals surface area contributed by atoms with Crippen LogP contribution >= 0.6 is 0 Å². The molecule has 0 aromatic rings. The molecule has 0 aliphatic heterocycles. The molecule has 0 aromatic carbocycles. The summed E-state index contributed by atoms with van der Waals surface area (Å²) in [6, 6.07) is 0. The Morgan fingerprint density at radius 3 is 2.60 bits per heavy atom. The molecule has 0 aromatic heterocycles. The van der Waals surface area contributed by atoms with Gasteiger partial charge in [0.05, 0.1) is 6.61 Å². The molecule has 0 amide bonds. The molecular weight excluding hydrogens is 80.1 g/mol. The molecule has 0 aliphatic rings. The Morgan fingerprint density at radius 1 is 2.00 bits per heavy atom. The summed E-state index contributed by atoms with van der Waals surface area (Å²) >= 11 is 0. The van der Waals surface area contributed by atoms with Gasteiger partial charge in [-0.3, -0.25) is 0 Å². The standard InChI is InChI=1S/C3H6OSi/c1-2-3-4-5/h1H,3H2,5H3. The van der Waals surface area contributed by atoms with Gasteiger partial charge in [0.1, 0.15) is 10.5 Å². The van der Waals surface area contributed by atoms with Crippen molar-refractivity contribution in [3.8, 4) is 12.3 Å². The minimum absolute atomic E-state index is 0.478. The second kappa shape index (κ2) is 3.74. The van der Waals surface area contributed by atoms with E-state index in [1.54, 1.807) is 0 Å². The molecule has 1 nitrogen and oxygen atoms in total. The van der Waals surface area contributed by atoms with E-state index in [2.05, 4.69) is 10.3 Å². The van der Waals surface area contributed by atoms with E-state index < -0.39 is 0 Å². The molecule has 0 spiro atoms. The highest BCUT2D eigenvalue weighted by molar-refractivity contribution is 5.98. The lowest BCUT2D eigenvalue weighted by Crippen LogP contribution is -1.80. The maximum Gasteiger partial charge on any atom is 0.147 e. The number of terminal acetylenes is 1. The van der Waals surface area contributed by atoms with Gasteiger partial charge in [0, 0.05) is 0 Å². The van der Waals surface area contributed by atoms with Crippen LogP contribution in [0, 0.1) is 12.3 Å². The summed E-state index contributed by atoms with van der Waals surface area (Å²) in [5.74, 6) is 2.33. The molecule has 0 heterocycles. The van der Waals surface area contributed by atoms with E-state index in [0.29, 0.717) is 6.61 Å². The van der Waals surface area contributed by atoms with Gasteiger partial charge in [0.15, 0.2) is 0 Å². The third-order valence-corrected chi connectivity index (χ3v) is 0.516. The first-order valence-corrected chi connectivity index (χ1v) is 2.16. The van der Waals surface area contributed by atoms with Crippen LogP contribution in [0.4, 0.5) is 0 Å². The van der Waals surface area contributed by atoms with Crippen LogP contribution in [0.1, 0.15) is 0 Å². The fourth-order valence-corrected chi connectivity index (χ4v) is 0.250. The third kappa shape index (κ3) is 3.74. The van der Waals surface area contributed by atoms with Gasteiger partial charge in [-0.15, -0.1) is 6.42 Å². The van der Waals surface area contributed by atoms with E-state index in [0.717, 1.165) is 10.5 Å². The fourth-order valence-electron chi connectivity index (χ4n) is 0.0833. The van der Waals surface area contributed by atoms with Crippen molar-refractivity contribution in [2.45, 2.75) is 0 Å². The summed E-state index contributed by atoms with van der Waals surface area (Å²) in [6.07, 6.45) is 4.79. The molecule has 0 atom stereocenters. The molecule has 0 fully saturated rings. The SMILES string of the molecule is C#CCO[SiH3]. The lowest BCUT2D eigenvalue weighted by Gasteiger charge is -1.77. The smallest absolute Gasteiger partial charge is 0.147 e. The molecule has 0 saturated heterocycles. The van der Waals surface area contributed by atoms with Crippen molar-refractivity contribution in [3.05, 3.63) is 0 Å². The Bertz CT molecular complexity index is 45.3. The summed E-state index contributed by atoms with van der Waals surface area (Å²) in [4.78, 5) is 0. The van der Waals surface area contributed by atoms with Crippen LogP contribution in [0.15, 0.2) is 0 Å². The van der Waals surface area contributed by atoms with Crippen molar-refractivity contribution >= 4 is 10.5 Å². The van der Waals surface area contributed by atoms with Crippen LogP contribution in [-0.4, -0.2) is 17.1 Å². The van der Waals surface area contributed by atoms with Gasteiger partial charge in [0.25, 0.3) is 0 Å². The van der Waals surface area contributed by atoms with Crippen LogP contribution in [0.2, 0.25) is 0 Å². The number of hydrogen-bond donors (Lipinski definition) is 0. The summed E-state index contributed by atoms with van der Waals surface area (Å²) in [5.41, 5.74) is 0. The van der Waals surface area contributed by atoms with Crippen LogP contribution in [0.3, 0.4) is 0 Å². The molecule has 0 N–H and O–H groups in total. The first kappa shape index (κ1) is 4.74. The van der Waals surface area contributed by atoms with Crippen molar-refractivity contribution in [1.29, 1.82) is 0 Å². The molecule has 0 radical (unpaired) electrons. The predicted octanol–water partition coefficient (Wildman–Crippen LogP) is -1.08. The normalized spacial score (nSPS) is 7.00.